The van der Waals surface area contributed by atoms with Crippen LogP contribution in [-0.4, -0.2) is 10.9 Å². The van der Waals surface area contributed by atoms with Gasteiger partial charge in [-0.1, -0.05) is 41.9 Å². The number of aromatic nitrogens is 1. The van der Waals surface area contributed by atoms with Crippen LogP contribution in [0.15, 0.2) is 47.6 Å². The first-order valence-electron chi connectivity index (χ1n) is 7.22. The van der Waals surface area contributed by atoms with E-state index in [-0.39, 0.29) is 5.96 Å². The fraction of sp³-hybridized carbons (Fsp3) is 0.111. The number of rotatable bonds is 2. The van der Waals surface area contributed by atoms with Gasteiger partial charge in [0.1, 0.15) is 0 Å². The van der Waals surface area contributed by atoms with Gasteiger partial charge in [0.05, 0.1) is 5.02 Å². The molecule has 3 aromatic rings. The maximum absolute atomic E-state index is 6.25. The highest BCUT2D eigenvalue weighted by Gasteiger charge is 2.10. The molecule has 0 aliphatic rings. The Morgan fingerprint density at radius 3 is 2.39 bits per heavy atom. The monoisotopic (exact) mass is 324 g/mol. The van der Waals surface area contributed by atoms with Crippen molar-refractivity contribution in [2.75, 3.05) is 0 Å². The standard InChI is InChI=1S/C18H17ClN4/c1-10-4-3-5-11(2)16(10)12-6-7-13-14(8-12)17(23-18(20)21)22-9-15(13)19/h3-9H,1-2H3,(H4,20,21,22,23). The molecule has 4 nitrogen and oxygen atoms in total. The van der Waals surface area contributed by atoms with Crippen LogP contribution in [0.2, 0.25) is 5.02 Å². The molecule has 0 saturated carbocycles. The summed E-state index contributed by atoms with van der Waals surface area (Å²) in [4.78, 5) is 8.36. The molecule has 4 N–H and O–H groups in total. The topological polar surface area (TPSA) is 77.3 Å². The molecule has 0 aliphatic carbocycles. The Balaban J connectivity index is 2.32. The van der Waals surface area contributed by atoms with Crippen molar-refractivity contribution in [2.24, 2.45) is 16.5 Å². The summed E-state index contributed by atoms with van der Waals surface area (Å²) in [6.45, 7) is 4.19. The van der Waals surface area contributed by atoms with Crippen LogP contribution >= 0.6 is 11.6 Å². The van der Waals surface area contributed by atoms with Gasteiger partial charge in [-0.15, -0.1) is 0 Å². The van der Waals surface area contributed by atoms with Crippen molar-refractivity contribution < 1.29 is 0 Å². The molecule has 0 radical (unpaired) electrons. The van der Waals surface area contributed by atoms with Crippen LogP contribution < -0.4 is 11.5 Å². The Kier molecular flexibility index (Phi) is 3.92. The quantitative estimate of drug-likeness (QED) is 0.551. The van der Waals surface area contributed by atoms with E-state index in [0.29, 0.717) is 10.8 Å². The fourth-order valence-electron chi connectivity index (χ4n) is 2.83. The maximum atomic E-state index is 6.25. The van der Waals surface area contributed by atoms with E-state index < -0.39 is 0 Å². The molecule has 0 unspecified atom stereocenters. The van der Waals surface area contributed by atoms with Gasteiger partial charge >= 0.3 is 0 Å². The zero-order valence-corrected chi connectivity index (χ0v) is 13.7. The third-order valence-electron chi connectivity index (χ3n) is 3.82. The number of benzene rings is 2. The molecular formula is C18H17ClN4. The summed E-state index contributed by atoms with van der Waals surface area (Å²) >= 11 is 6.25. The molecule has 0 saturated heterocycles. The zero-order valence-electron chi connectivity index (χ0n) is 13.0. The highest BCUT2D eigenvalue weighted by molar-refractivity contribution is 6.35. The molecule has 1 heterocycles. The van der Waals surface area contributed by atoms with Crippen molar-refractivity contribution in [3.8, 4) is 11.1 Å². The Hall–Kier alpha value is -2.59. The van der Waals surface area contributed by atoms with Crippen molar-refractivity contribution >= 4 is 34.2 Å². The number of nitrogens with two attached hydrogens (primary N) is 2. The van der Waals surface area contributed by atoms with Crippen molar-refractivity contribution in [2.45, 2.75) is 13.8 Å². The van der Waals surface area contributed by atoms with E-state index in [4.69, 9.17) is 23.1 Å². The van der Waals surface area contributed by atoms with E-state index in [0.717, 1.165) is 16.3 Å². The van der Waals surface area contributed by atoms with Gasteiger partial charge in [-0.25, -0.2) is 4.98 Å². The Bertz CT molecular complexity index is 907. The lowest BCUT2D eigenvalue weighted by Gasteiger charge is -2.12. The number of nitrogens with zero attached hydrogens (tertiary/aromatic N) is 2. The van der Waals surface area contributed by atoms with E-state index in [9.17, 15) is 0 Å². The van der Waals surface area contributed by atoms with Crippen LogP contribution in [0.5, 0.6) is 0 Å². The lowest BCUT2D eigenvalue weighted by Crippen LogP contribution is -2.22. The maximum Gasteiger partial charge on any atom is 0.192 e. The molecule has 0 amide bonds. The van der Waals surface area contributed by atoms with Crippen molar-refractivity contribution in [3.63, 3.8) is 0 Å². The molecule has 116 valence electrons. The highest BCUT2D eigenvalue weighted by atomic mass is 35.5. The molecule has 0 aliphatic heterocycles. The first kappa shape index (κ1) is 15.3. The normalized spacial score (nSPS) is 10.7. The number of fused-ring (bicyclic) bond motifs is 1. The van der Waals surface area contributed by atoms with Crippen LogP contribution in [0.3, 0.4) is 0 Å². The summed E-state index contributed by atoms with van der Waals surface area (Å²) in [5.41, 5.74) is 15.7. The van der Waals surface area contributed by atoms with Crippen LogP contribution in [0.1, 0.15) is 11.1 Å². The second-order valence-corrected chi connectivity index (χ2v) is 5.90. The van der Waals surface area contributed by atoms with E-state index in [1.54, 1.807) is 6.20 Å². The van der Waals surface area contributed by atoms with Gasteiger partial charge < -0.3 is 11.5 Å². The summed E-state index contributed by atoms with van der Waals surface area (Å²) < 4.78 is 0. The van der Waals surface area contributed by atoms with E-state index in [1.165, 1.54) is 16.7 Å². The summed E-state index contributed by atoms with van der Waals surface area (Å²) in [7, 11) is 0. The number of hydrogen-bond donors (Lipinski definition) is 2. The van der Waals surface area contributed by atoms with E-state index >= 15 is 0 Å². The summed E-state index contributed by atoms with van der Waals surface area (Å²) in [5, 5.41) is 2.27. The van der Waals surface area contributed by atoms with Gasteiger partial charge in [0.25, 0.3) is 0 Å². The van der Waals surface area contributed by atoms with Gasteiger partial charge in [-0.05, 0) is 42.2 Å². The number of guanidine groups is 1. The molecule has 3 rings (SSSR count). The van der Waals surface area contributed by atoms with Crippen molar-refractivity contribution in [1.82, 2.24) is 4.98 Å². The third-order valence-corrected chi connectivity index (χ3v) is 4.12. The second kappa shape index (κ2) is 5.89. The Labute approximate surface area is 139 Å². The predicted octanol–water partition coefficient (Wildman–Crippen LogP) is 4.08. The minimum Gasteiger partial charge on any atom is -0.370 e. The predicted molar refractivity (Wildman–Crippen MR) is 97.1 cm³/mol. The molecule has 1 aromatic heterocycles. The van der Waals surface area contributed by atoms with Gasteiger partial charge in [0, 0.05) is 17.0 Å². The second-order valence-electron chi connectivity index (χ2n) is 5.49. The Morgan fingerprint density at radius 2 is 1.74 bits per heavy atom. The average Bonchev–Trinajstić information content (AvgIpc) is 2.50. The SMILES string of the molecule is Cc1cccc(C)c1-c1ccc2c(Cl)cnc(N=C(N)N)c2c1. The van der Waals surface area contributed by atoms with Gasteiger partial charge in [0.2, 0.25) is 0 Å². The summed E-state index contributed by atoms with van der Waals surface area (Å²) in [5.74, 6) is 0.441. The van der Waals surface area contributed by atoms with Crippen molar-refractivity contribution in [3.05, 3.63) is 58.7 Å². The minimum absolute atomic E-state index is 0.0291. The molecule has 5 heteroatoms. The molecular weight excluding hydrogens is 308 g/mol. The lowest BCUT2D eigenvalue weighted by molar-refractivity contribution is 1.28. The number of aliphatic imine (C=N–C) groups is 1. The van der Waals surface area contributed by atoms with Crippen LogP contribution in [-0.2, 0) is 0 Å². The van der Waals surface area contributed by atoms with Gasteiger partial charge in [-0.2, -0.15) is 4.99 Å². The first-order chi connectivity index (χ1) is 11.0. The molecule has 0 fully saturated rings. The summed E-state index contributed by atoms with van der Waals surface area (Å²) in [6, 6.07) is 12.3. The van der Waals surface area contributed by atoms with Crippen LogP contribution in [0.4, 0.5) is 5.82 Å². The first-order valence-corrected chi connectivity index (χ1v) is 7.59. The van der Waals surface area contributed by atoms with Crippen LogP contribution in [0, 0.1) is 13.8 Å². The number of hydrogen-bond acceptors (Lipinski definition) is 2. The number of pyridine rings is 1. The number of halogens is 1. The molecule has 0 spiro atoms. The smallest absolute Gasteiger partial charge is 0.192 e. The molecule has 23 heavy (non-hydrogen) atoms. The average molecular weight is 325 g/mol. The largest absolute Gasteiger partial charge is 0.370 e. The number of aryl methyl sites for hydroxylation is 2. The van der Waals surface area contributed by atoms with Crippen molar-refractivity contribution in [1.29, 1.82) is 0 Å². The summed E-state index contributed by atoms with van der Waals surface area (Å²) in [6.07, 6.45) is 1.56. The van der Waals surface area contributed by atoms with E-state index in [1.807, 2.05) is 12.1 Å². The molecule has 0 atom stereocenters. The van der Waals surface area contributed by atoms with Gasteiger partial charge in [0.15, 0.2) is 11.8 Å². The third kappa shape index (κ3) is 2.85. The van der Waals surface area contributed by atoms with Gasteiger partial charge in [-0.3, -0.25) is 0 Å². The molecule has 0 bridgehead atoms. The zero-order chi connectivity index (χ0) is 16.6. The minimum atomic E-state index is -0.0291. The highest BCUT2D eigenvalue weighted by Crippen LogP contribution is 2.35. The Morgan fingerprint density at radius 1 is 1.04 bits per heavy atom. The lowest BCUT2D eigenvalue weighted by atomic mass is 9.94. The van der Waals surface area contributed by atoms with E-state index in [2.05, 4.69) is 48.1 Å². The molecule has 2 aromatic carbocycles. The fourth-order valence-corrected chi connectivity index (χ4v) is 3.04. The van der Waals surface area contributed by atoms with Crippen LogP contribution in [0.25, 0.3) is 21.9 Å².